The highest BCUT2D eigenvalue weighted by Gasteiger charge is 2.25. The molecule has 2 aliphatic rings. The van der Waals surface area contributed by atoms with Crippen LogP contribution in [0.4, 0.5) is 5.82 Å². The van der Waals surface area contributed by atoms with Crippen molar-refractivity contribution in [2.75, 3.05) is 31.2 Å². The summed E-state index contributed by atoms with van der Waals surface area (Å²) in [7, 11) is 0. The van der Waals surface area contributed by atoms with Gasteiger partial charge in [-0.15, -0.1) is 0 Å². The number of aryl methyl sites for hydroxylation is 1. The van der Waals surface area contributed by atoms with Crippen LogP contribution < -0.4 is 9.64 Å². The van der Waals surface area contributed by atoms with Crippen LogP contribution in [-0.2, 0) is 4.74 Å². The first-order valence-corrected chi connectivity index (χ1v) is 7.37. The van der Waals surface area contributed by atoms with Crippen molar-refractivity contribution in [2.24, 2.45) is 0 Å². The molecule has 2 fully saturated rings. The molecule has 1 saturated heterocycles. The van der Waals surface area contributed by atoms with Gasteiger partial charge >= 0.3 is 0 Å². The molecule has 1 aliphatic carbocycles. The van der Waals surface area contributed by atoms with Crippen LogP contribution in [0, 0.1) is 6.92 Å². The molecule has 0 bridgehead atoms. The first kappa shape index (κ1) is 13.6. The molecule has 1 aliphatic heterocycles. The molecule has 1 saturated carbocycles. The maximum Gasteiger partial charge on any atom is 0.215 e. The summed E-state index contributed by atoms with van der Waals surface area (Å²) in [4.78, 5) is 6.84. The van der Waals surface area contributed by atoms with E-state index in [-0.39, 0.29) is 12.2 Å². The van der Waals surface area contributed by atoms with Crippen molar-refractivity contribution in [1.29, 1.82) is 0 Å². The average molecular weight is 278 g/mol. The van der Waals surface area contributed by atoms with Crippen molar-refractivity contribution < 1.29 is 14.6 Å². The lowest BCUT2D eigenvalue weighted by molar-refractivity contribution is 0.122. The Balaban J connectivity index is 1.72. The van der Waals surface area contributed by atoms with Crippen LogP contribution in [0.1, 0.15) is 24.8 Å². The molecule has 0 radical (unpaired) electrons. The third-order valence-corrected chi connectivity index (χ3v) is 3.91. The van der Waals surface area contributed by atoms with Crippen LogP contribution in [-0.4, -0.2) is 48.6 Å². The van der Waals surface area contributed by atoms with Gasteiger partial charge in [-0.05, 0) is 31.4 Å². The quantitative estimate of drug-likeness (QED) is 0.908. The van der Waals surface area contributed by atoms with E-state index in [4.69, 9.17) is 9.47 Å². The normalized spacial score (nSPS) is 26.8. The lowest BCUT2D eigenvalue weighted by Gasteiger charge is -2.28. The summed E-state index contributed by atoms with van der Waals surface area (Å²) in [6.07, 6.45) is 2.32. The molecule has 110 valence electrons. The van der Waals surface area contributed by atoms with E-state index >= 15 is 0 Å². The van der Waals surface area contributed by atoms with Crippen molar-refractivity contribution >= 4 is 5.82 Å². The van der Waals surface area contributed by atoms with Crippen molar-refractivity contribution in [3.63, 3.8) is 0 Å². The fourth-order valence-electron chi connectivity index (χ4n) is 2.83. The smallest absolute Gasteiger partial charge is 0.215 e. The van der Waals surface area contributed by atoms with Gasteiger partial charge in [-0.3, -0.25) is 0 Å². The summed E-state index contributed by atoms with van der Waals surface area (Å²) in [6.45, 7) is 5.30. The van der Waals surface area contributed by atoms with Gasteiger partial charge in [0, 0.05) is 25.6 Å². The highest BCUT2D eigenvalue weighted by Crippen LogP contribution is 2.26. The van der Waals surface area contributed by atoms with Crippen LogP contribution in [0.2, 0.25) is 0 Å². The van der Waals surface area contributed by atoms with Crippen LogP contribution in [0.5, 0.6) is 5.88 Å². The number of aliphatic hydroxyl groups excluding tert-OH is 1. The van der Waals surface area contributed by atoms with Gasteiger partial charge in [0.05, 0.1) is 19.3 Å². The number of aliphatic hydroxyl groups is 1. The zero-order valence-corrected chi connectivity index (χ0v) is 11.9. The second kappa shape index (κ2) is 5.97. The Morgan fingerprint density at radius 2 is 2.10 bits per heavy atom. The van der Waals surface area contributed by atoms with Crippen molar-refractivity contribution in [3.05, 3.63) is 17.7 Å². The molecule has 1 aromatic rings. The predicted molar refractivity (Wildman–Crippen MR) is 76.3 cm³/mol. The maximum atomic E-state index is 9.57. The zero-order valence-electron chi connectivity index (χ0n) is 11.9. The van der Waals surface area contributed by atoms with Crippen LogP contribution in [0.3, 0.4) is 0 Å². The minimum absolute atomic E-state index is 0.0943. The molecular weight excluding hydrogens is 256 g/mol. The Hall–Kier alpha value is -1.33. The zero-order chi connectivity index (χ0) is 13.9. The second-order valence-corrected chi connectivity index (χ2v) is 5.65. The van der Waals surface area contributed by atoms with Crippen LogP contribution in [0.25, 0.3) is 0 Å². The Labute approximate surface area is 119 Å². The Bertz CT molecular complexity index is 460. The van der Waals surface area contributed by atoms with E-state index in [9.17, 15) is 5.11 Å². The number of nitrogens with zero attached hydrogens (tertiary/aromatic N) is 2. The highest BCUT2D eigenvalue weighted by atomic mass is 16.5. The third kappa shape index (κ3) is 3.22. The van der Waals surface area contributed by atoms with E-state index in [0.29, 0.717) is 12.3 Å². The van der Waals surface area contributed by atoms with Crippen molar-refractivity contribution in [3.8, 4) is 5.88 Å². The lowest BCUT2D eigenvalue weighted by Crippen LogP contribution is -2.36. The van der Waals surface area contributed by atoms with Gasteiger partial charge in [-0.1, -0.05) is 0 Å². The van der Waals surface area contributed by atoms with E-state index in [2.05, 4.69) is 22.9 Å². The SMILES string of the molecule is Cc1cc(OC2CCC(O)C2)nc(N2CCOCC2)c1. The van der Waals surface area contributed by atoms with E-state index in [1.165, 1.54) is 0 Å². The minimum Gasteiger partial charge on any atom is -0.474 e. The van der Waals surface area contributed by atoms with E-state index in [0.717, 1.165) is 50.5 Å². The molecule has 2 heterocycles. The molecule has 0 aromatic carbocycles. The Kier molecular flexibility index (Phi) is 4.08. The number of hydrogen-bond acceptors (Lipinski definition) is 5. The maximum absolute atomic E-state index is 9.57. The van der Waals surface area contributed by atoms with Gasteiger partial charge in [0.2, 0.25) is 5.88 Å². The van der Waals surface area contributed by atoms with Gasteiger partial charge in [-0.2, -0.15) is 4.98 Å². The van der Waals surface area contributed by atoms with Gasteiger partial charge in [0.15, 0.2) is 0 Å². The van der Waals surface area contributed by atoms with E-state index in [1.54, 1.807) is 0 Å². The Morgan fingerprint density at radius 3 is 2.80 bits per heavy atom. The van der Waals surface area contributed by atoms with Crippen LogP contribution in [0.15, 0.2) is 12.1 Å². The average Bonchev–Trinajstić information content (AvgIpc) is 2.84. The molecule has 2 atom stereocenters. The summed E-state index contributed by atoms with van der Waals surface area (Å²) in [6, 6.07) is 4.05. The minimum atomic E-state index is -0.219. The number of pyridine rings is 1. The van der Waals surface area contributed by atoms with E-state index < -0.39 is 0 Å². The third-order valence-electron chi connectivity index (χ3n) is 3.91. The topological polar surface area (TPSA) is 54.8 Å². The summed E-state index contributed by atoms with van der Waals surface area (Å²) >= 11 is 0. The van der Waals surface area contributed by atoms with Gasteiger partial charge in [0.1, 0.15) is 11.9 Å². The number of anilines is 1. The fourth-order valence-corrected chi connectivity index (χ4v) is 2.83. The van der Waals surface area contributed by atoms with Gasteiger partial charge in [0.25, 0.3) is 0 Å². The summed E-state index contributed by atoms with van der Waals surface area (Å²) in [5.41, 5.74) is 1.15. The summed E-state index contributed by atoms with van der Waals surface area (Å²) in [5.74, 6) is 1.63. The first-order valence-electron chi connectivity index (χ1n) is 7.37. The molecule has 1 N–H and O–H groups in total. The second-order valence-electron chi connectivity index (χ2n) is 5.65. The molecule has 0 spiro atoms. The first-order chi connectivity index (χ1) is 9.70. The standard InChI is InChI=1S/C15H22N2O3/c1-11-8-14(17-4-6-19-7-5-17)16-15(9-11)20-13-3-2-12(18)10-13/h8-9,12-13,18H,2-7,10H2,1H3. The molecular formula is C15H22N2O3. The van der Waals surface area contributed by atoms with E-state index in [1.807, 2.05) is 6.07 Å². The molecule has 1 aromatic heterocycles. The molecule has 2 unspecified atom stereocenters. The predicted octanol–water partition coefficient (Wildman–Crippen LogP) is 1.52. The summed E-state index contributed by atoms with van der Waals surface area (Å²) < 4.78 is 11.3. The number of hydrogen-bond donors (Lipinski definition) is 1. The number of aromatic nitrogens is 1. The van der Waals surface area contributed by atoms with Crippen LogP contribution >= 0.6 is 0 Å². The van der Waals surface area contributed by atoms with Gasteiger partial charge in [-0.25, -0.2) is 0 Å². The Morgan fingerprint density at radius 1 is 1.30 bits per heavy atom. The molecule has 20 heavy (non-hydrogen) atoms. The highest BCUT2D eigenvalue weighted by molar-refractivity contribution is 5.44. The number of rotatable bonds is 3. The molecule has 5 heteroatoms. The summed E-state index contributed by atoms with van der Waals surface area (Å²) in [5, 5.41) is 9.57. The monoisotopic (exact) mass is 278 g/mol. The molecule has 5 nitrogen and oxygen atoms in total. The lowest BCUT2D eigenvalue weighted by atomic mass is 10.2. The largest absolute Gasteiger partial charge is 0.474 e. The fraction of sp³-hybridized carbons (Fsp3) is 0.667. The molecule has 0 amide bonds. The molecule has 3 rings (SSSR count). The van der Waals surface area contributed by atoms with Crippen molar-refractivity contribution in [1.82, 2.24) is 4.98 Å². The number of morpholine rings is 1. The van der Waals surface area contributed by atoms with Gasteiger partial charge < -0.3 is 19.5 Å². The van der Waals surface area contributed by atoms with Crippen molar-refractivity contribution in [2.45, 2.75) is 38.4 Å². The number of ether oxygens (including phenoxy) is 2.